The molecule has 0 saturated heterocycles. The zero-order valence-corrected chi connectivity index (χ0v) is 13.0. The normalized spacial score (nSPS) is 11.2. The molecule has 6 nitrogen and oxygen atoms in total. The third kappa shape index (κ3) is 3.37. The third-order valence-corrected chi connectivity index (χ3v) is 4.40. The molecule has 0 unspecified atom stereocenters. The Bertz CT molecular complexity index is 778. The molecule has 0 atom stereocenters. The number of nitrogens with one attached hydrogen (secondary N) is 1. The molecule has 0 spiro atoms. The minimum Gasteiger partial charge on any atom is -0.495 e. The van der Waals surface area contributed by atoms with Crippen molar-refractivity contribution in [2.24, 2.45) is 0 Å². The van der Waals surface area contributed by atoms with Crippen molar-refractivity contribution in [3.05, 3.63) is 41.2 Å². The van der Waals surface area contributed by atoms with E-state index in [0.717, 1.165) is 5.56 Å². The molecule has 2 aromatic rings. The fourth-order valence-corrected chi connectivity index (χ4v) is 3.01. The van der Waals surface area contributed by atoms with Crippen molar-refractivity contribution in [3.63, 3.8) is 0 Å². The average molecular weight is 328 g/mol. The van der Waals surface area contributed by atoms with Gasteiger partial charge in [-0.15, -0.1) is 0 Å². The highest BCUT2D eigenvalue weighted by Gasteiger charge is 2.17. The van der Waals surface area contributed by atoms with E-state index < -0.39 is 10.0 Å². The van der Waals surface area contributed by atoms with E-state index in [0.29, 0.717) is 5.75 Å². The summed E-state index contributed by atoms with van der Waals surface area (Å²) in [6.07, 6.45) is 1.55. The van der Waals surface area contributed by atoms with Crippen molar-refractivity contribution in [2.75, 3.05) is 17.6 Å². The number of pyridine rings is 1. The lowest BCUT2D eigenvalue weighted by molar-refractivity contribution is 0.416. The Morgan fingerprint density at radius 2 is 2.05 bits per heavy atom. The van der Waals surface area contributed by atoms with E-state index in [1.807, 2.05) is 0 Å². The van der Waals surface area contributed by atoms with Gasteiger partial charge in [0.1, 0.15) is 5.75 Å². The number of benzene rings is 1. The van der Waals surface area contributed by atoms with Gasteiger partial charge in [-0.1, -0.05) is 11.6 Å². The molecule has 2 rings (SSSR count). The summed E-state index contributed by atoms with van der Waals surface area (Å²) in [4.78, 5) is 3.91. The van der Waals surface area contributed by atoms with Crippen LogP contribution in [0.3, 0.4) is 0 Å². The lowest BCUT2D eigenvalue weighted by Gasteiger charge is -2.11. The van der Waals surface area contributed by atoms with Gasteiger partial charge in [-0.25, -0.2) is 13.4 Å². The Labute approximate surface area is 128 Å². The number of anilines is 2. The minimum absolute atomic E-state index is 0.0124. The number of halogens is 1. The SMILES string of the molecule is COc1ccc(S(=O)(=O)Nc2cc(C)cnc2Cl)cc1N. The van der Waals surface area contributed by atoms with Crippen LogP contribution in [0, 0.1) is 6.92 Å². The minimum atomic E-state index is -3.81. The van der Waals surface area contributed by atoms with Crippen molar-refractivity contribution in [1.82, 2.24) is 4.98 Å². The smallest absolute Gasteiger partial charge is 0.262 e. The van der Waals surface area contributed by atoms with Crippen LogP contribution in [0.1, 0.15) is 5.56 Å². The van der Waals surface area contributed by atoms with E-state index in [2.05, 4.69) is 9.71 Å². The second kappa shape index (κ2) is 5.79. The molecule has 3 N–H and O–H groups in total. The summed E-state index contributed by atoms with van der Waals surface area (Å²) in [6.45, 7) is 1.78. The summed E-state index contributed by atoms with van der Waals surface area (Å²) in [5, 5.41) is 0.0747. The van der Waals surface area contributed by atoms with Crippen LogP contribution >= 0.6 is 11.6 Å². The maximum Gasteiger partial charge on any atom is 0.262 e. The van der Waals surface area contributed by atoms with Crippen molar-refractivity contribution in [2.45, 2.75) is 11.8 Å². The van der Waals surface area contributed by atoms with Gasteiger partial charge in [-0.2, -0.15) is 0 Å². The lowest BCUT2D eigenvalue weighted by Crippen LogP contribution is -2.14. The first kappa shape index (κ1) is 15.4. The van der Waals surface area contributed by atoms with E-state index in [1.165, 1.54) is 25.3 Å². The summed E-state index contributed by atoms with van der Waals surface area (Å²) in [5.41, 5.74) is 6.95. The van der Waals surface area contributed by atoms with E-state index in [1.54, 1.807) is 19.2 Å². The molecule has 0 saturated carbocycles. The first-order valence-corrected chi connectivity index (χ1v) is 7.78. The fourth-order valence-electron chi connectivity index (χ4n) is 1.71. The van der Waals surface area contributed by atoms with Crippen LogP contribution in [0.25, 0.3) is 0 Å². The van der Waals surface area contributed by atoms with Crippen molar-refractivity contribution in [3.8, 4) is 5.75 Å². The first-order valence-electron chi connectivity index (χ1n) is 5.92. The number of aryl methyl sites for hydroxylation is 1. The number of methoxy groups -OCH3 is 1. The second-order valence-corrected chi connectivity index (χ2v) is 6.40. The number of ether oxygens (including phenoxy) is 1. The predicted molar refractivity (Wildman–Crippen MR) is 82.2 cm³/mol. The second-order valence-electron chi connectivity index (χ2n) is 4.36. The van der Waals surface area contributed by atoms with Gasteiger partial charge in [-0.3, -0.25) is 4.72 Å². The number of sulfonamides is 1. The highest BCUT2D eigenvalue weighted by atomic mass is 35.5. The summed E-state index contributed by atoms with van der Waals surface area (Å²) >= 11 is 5.89. The Hall–Kier alpha value is -1.99. The number of rotatable bonds is 4. The molecule has 1 aromatic heterocycles. The van der Waals surface area contributed by atoms with Gasteiger partial charge in [0, 0.05) is 6.20 Å². The first-order chi connectivity index (χ1) is 9.83. The largest absolute Gasteiger partial charge is 0.495 e. The standard InChI is InChI=1S/C13H14ClN3O3S/c1-8-5-11(13(14)16-7-8)17-21(18,19)9-3-4-12(20-2)10(15)6-9/h3-7,17H,15H2,1-2H3. The van der Waals surface area contributed by atoms with Crippen LogP contribution < -0.4 is 15.2 Å². The monoisotopic (exact) mass is 327 g/mol. The Kier molecular flexibility index (Phi) is 4.24. The topological polar surface area (TPSA) is 94.3 Å². The highest BCUT2D eigenvalue weighted by molar-refractivity contribution is 7.92. The third-order valence-electron chi connectivity index (χ3n) is 2.73. The van der Waals surface area contributed by atoms with Gasteiger partial charge >= 0.3 is 0 Å². The molecule has 0 fully saturated rings. The van der Waals surface area contributed by atoms with Gasteiger partial charge in [0.2, 0.25) is 0 Å². The number of hydrogen-bond acceptors (Lipinski definition) is 5. The molecule has 112 valence electrons. The van der Waals surface area contributed by atoms with Crippen LogP contribution in [0.15, 0.2) is 35.4 Å². The van der Waals surface area contributed by atoms with Gasteiger partial charge < -0.3 is 10.5 Å². The van der Waals surface area contributed by atoms with Crippen LogP contribution in [0.4, 0.5) is 11.4 Å². The number of aromatic nitrogens is 1. The average Bonchev–Trinajstić information content (AvgIpc) is 2.42. The van der Waals surface area contributed by atoms with Crippen molar-refractivity contribution >= 4 is 33.0 Å². The molecule has 0 aliphatic heterocycles. The fraction of sp³-hybridized carbons (Fsp3) is 0.154. The van der Waals surface area contributed by atoms with E-state index in [-0.39, 0.29) is 21.4 Å². The molecule has 1 aromatic carbocycles. The van der Waals surface area contributed by atoms with E-state index in [9.17, 15) is 8.42 Å². The van der Waals surface area contributed by atoms with Crippen LogP contribution in [0.2, 0.25) is 5.15 Å². The van der Waals surface area contributed by atoms with Crippen LogP contribution in [-0.2, 0) is 10.0 Å². The highest BCUT2D eigenvalue weighted by Crippen LogP contribution is 2.27. The van der Waals surface area contributed by atoms with Crippen LogP contribution in [0.5, 0.6) is 5.75 Å². The molecule has 0 radical (unpaired) electrons. The summed E-state index contributed by atoms with van der Waals surface area (Å²) in [5.74, 6) is 0.407. The molecular weight excluding hydrogens is 314 g/mol. The number of nitrogens with zero attached hydrogens (tertiary/aromatic N) is 1. The molecule has 21 heavy (non-hydrogen) atoms. The molecule has 8 heteroatoms. The van der Waals surface area contributed by atoms with E-state index >= 15 is 0 Å². The Morgan fingerprint density at radius 1 is 1.33 bits per heavy atom. The molecule has 0 aliphatic carbocycles. The number of hydrogen-bond donors (Lipinski definition) is 2. The number of nitrogens with two attached hydrogens (primary N) is 1. The molecular formula is C13H14ClN3O3S. The zero-order chi connectivity index (χ0) is 15.6. The zero-order valence-electron chi connectivity index (χ0n) is 11.4. The predicted octanol–water partition coefficient (Wildman–Crippen LogP) is 2.44. The lowest BCUT2D eigenvalue weighted by atomic mass is 10.3. The summed E-state index contributed by atoms with van der Waals surface area (Å²) < 4.78 is 32.0. The Morgan fingerprint density at radius 3 is 2.67 bits per heavy atom. The summed E-state index contributed by atoms with van der Waals surface area (Å²) in [7, 11) is -2.36. The number of nitrogen functional groups attached to an aromatic ring is 1. The molecule has 0 bridgehead atoms. The van der Waals surface area contributed by atoms with Crippen molar-refractivity contribution in [1.29, 1.82) is 0 Å². The van der Waals surface area contributed by atoms with Gasteiger partial charge in [0.25, 0.3) is 10.0 Å². The molecule has 0 aliphatic rings. The van der Waals surface area contributed by atoms with Crippen LogP contribution in [-0.4, -0.2) is 20.5 Å². The van der Waals surface area contributed by atoms with Gasteiger partial charge in [0.15, 0.2) is 5.15 Å². The maximum absolute atomic E-state index is 12.3. The van der Waals surface area contributed by atoms with Gasteiger partial charge in [0.05, 0.1) is 23.4 Å². The quantitative estimate of drug-likeness (QED) is 0.664. The molecule has 1 heterocycles. The maximum atomic E-state index is 12.3. The summed E-state index contributed by atoms with van der Waals surface area (Å²) in [6, 6.07) is 5.80. The van der Waals surface area contributed by atoms with E-state index in [4.69, 9.17) is 22.1 Å². The van der Waals surface area contributed by atoms with Gasteiger partial charge in [-0.05, 0) is 36.8 Å². The Balaban J connectivity index is 2.38. The van der Waals surface area contributed by atoms with Crippen molar-refractivity contribution < 1.29 is 13.2 Å². The molecule has 0 amide bonds.